The van der Waals surface area contributed by atoms with E-state index in [-0.39, 0.29) is 0 Å². The standard InChI is InChI=1S/C12H21N3S/c1-12(2)4-5-16-9-11(12)13-6-10-7-14-15(3)8-10/h7-8,11,13H,4-6,9H2,1-3H3. The van der Waals surface area contributed by atoms with Gasteiger partial charge in [0, 0.05) is 37.1 Å². The Morgan fingerprint density at radius 1 is 1.62 bits per heavy atom. The molecule has 0 aromatic carbocycles. The Balaban J connectivity index is 1.89. The number of aromatic nitrogens is 2. The third-order valence-corrected chi connectivity index (χ3v) is 4.49. The van der Waals surface area contributed by atoms with E-state index in [2.05, 4.69) is 42.2 Å². The molecule has 3 nitrogen and oxygen atoms in total. The Bertz CT molecular complexity index is 346. The third kappa shape index (κ3) is 2.80. The van der Waals surface area contributed by atoms with Crippen molar-refractivity contribution in [3.05, 3.63) is 18.0 Å². The summed E-state index contributed by atoms with van der Waals surface area (Å²) in [5.41, 5.74) is 1.70. The zero-order valence-electron chi connectivity index (χ0n) is 10.4. The molecular weight excluding hydrogens is 218 g/mol. The highest BCUT2D eigenvalue weighted by molar-refractivity contribution is 7.99. The van der Waals surface area contributed by atoms with E-state index in [9.17, 15) is 0 Å². The lowest BCUT2D eigenvalue weighted by Gasteiger charge is -2.38. The molecular formula is C12H21N3S. The lowest BCUT2D eigenvalue weighted by atomic mass is 9.82. The number of hydrogen-bond acceptors (Lipinski definition) is 3. The fraction of sp³-hybridized carbons (Fsp3) is 0.750. The van der Waals surface area contributed by atoms with Crippen LogP contribution in [-0.2, 0) is 13.6 Å². The molecule has 4 heteroatoms. The van der Waals surface area contributed by atoms with Crippen LogP contribution in [0.3, 0.4) is 0 Å². The zero-order valence-corrected chi connectivity index (χ0v) is 11.2. The fourth-order valence-corrected chi connectivity index (χ4v) is 3.72. The second kappa shape index (κ2) is 4.80. The molecule has 0 amide bonds. The van der Waals surface area contributed by atoms with Crippen molar-refractivity contribution in [3.63, 3.8) is 0 Å². The van der Waals surface area contributed by atoms with E-state index in [0.717, 1.165) is 6.54 Å². The Hall–Kier alpha value is -0.480. The summed E-state index contributed by atoms with van der Waals surface area (Å²) in [6.07, 6.45) is 5.33. The smallest absolute Gasteiger partial charge is 0.0534 e. The SMILES string of the molecule is Cn1cc(CNC2CSCCC2(C)C)cn1. The monoisotopic (exact) mass is 239 g/mol. The van der Waals surface area contributed by atoms with Crippen LogP contribution in [0.2, 0.25) is 0 Å². The van der Waals surface area contributed by atoms with Gasteiger partial charge in [-0.2, -0.15) is 16.9 Å². The molecule has 0 bridgehead atoms. The van der Waals surface area contributed by atoms with E-state index >= 15 is 0 Å². The lowest BCUT2D eigenvalue weighted by Crippen LogP contribution is -2.46. The van der Waals surface area contributed by atoms with Crippen LogP contribution in [0.4, 0.5) is 0 Å². The van der Waals surface area contributed by atoms with Gasteiger partial charge in [0.15, 0.2) is 0 Å². The minimum Gasteiger partial charge on any atom is -0.308 e. The summed E-state index contributed by atoms with van der Waals surface area (Å²) in [6.45, 7) is 5.67. The van der Waals surface area contributed by atoms with Gasteiger partial charge < -0.3 is 5.32 Å². The molecule has 0 spiro atoms. The predicted octanol–water partition coefficient (Wildman–Crippen LogP) is 2.04. The second-order valence-corrected chi connectivity index (χ2v) is 6.42. The van der Waals surface area contributed by atoms with Gasteiger partial charge in [-0.3, -0.25) is 4.68 Å². The van der Waals surface area contributed by atoms with Gasteiger partial charge in [0.05, 0.1) is 6.20 Å². The van der Waals surface area contributed by atoms with Crippen molar-refractivity contribution in [2.24, 2.45) is 12.5 Å². The topological polar surface area (TPSA) is 29.9 Å². The lowest BCUT2D eigenvalue weighted by molar-refractivity contribution is 0.245. The molecule has 1 aromatic rings. The molecule has 0 radical (unpaired) electrons. The Morgan fingerprint density at radius 2 is 2.44 bits per heavy atom. The van der Waals surface area contributed by atoms with E-state index in [1.54, 1.807) is 0 Å². The number of nitrogens with one attached hydrogen (secondary N) is 1. The molecule has 2 rings (SSSR count). The highest BCUT2D eigenvalue weighted by Gasteiger charge is 2.31. The number of thioether (sulfide) groups is 1. The number of nitrogens with zero attached hydrogens (tertiary/aromatic N) is 2. The number of aryl methyl sites for hydroxylation is 1. The van der Waals surface area contributed by atoms with Gasteiger partial charge >= 0.3 is 0 Å². The molecule has 2 heterocycles. The van der Waals surface area contributed by atoms with E-state index in [4.69, 9.17) is 0 Å². The first-order valence-electron chi connectivity index (χ1n) is 5.86. The molecule has 0 saturated carbocycles. The van der Waals surface area contributed by atoms with Crippen molar-refractivity contribution in [3.8, 4) is 0 Å². The minimum absolute atomic E-state index is 0.424. The molecule has 1 aromatic heterocycles. The number of hydrogen-bond donors (Lipinski definition) is 1. The highest BCUT2D eigenvalue weighted by atomic mass is 32.2. The maximum atomic E-state index is 4.19. The van der Waals surface area contributed by atoms with Crippen LogP contribution >= 0.6 is 11.8 Å². The summed E-state index contributed by atoms with van der Waals surface area (Å²) >= 11 is 2.06. The first-order chi connectivity index (χ1) is 7.58. The van der Waals surface area contributed by atoms with E-state index < -0.39 is 0 Å². The van der Waals surface area contributed by atoms with Crippen molar-refractivity contribution in [1.82, 2.24) is 15.1 Å². The molecule has 0 aliphatic carbocycles. The van der Waals surface area contributed by atoms with Crippen LogP contribution in [0.25, 0.3) is 0 Å². The predicted molar refractivity (Wildman–Crippen MR) is 69.6 cm³/mol. The minimum atomic E-state index is 0.424. The first-order valence-corrected chi connectivity index (χ1v) is 7.02. The summed E-state index contributed by atoms with van der Waals surface area (Å²) in [4.78, 5) is 0. The second-order valence-electron chi connectivity index (χ2n) is 5.27. The molecule has 90 valence electrons. The quantitative estimate of drug-likeness (QED) is 0.875. The van der Waals surface area contributed by atoms with Crippen molar-refractivity contribution < 1.29 is 0 Å². The van der Waals surface area contributed by atoms with Gasteiger partial charge in [-0.1, -0.05) is 13.8 Å². The molecule has 1 fully saturated rings. The van der Waals surface area contributed by atoms with Gasteiger partial charge in [0.2, 0.25) is 0 Å². The van der Waals surface area contributed by atoms with Crippen LogP contribution in [-0.4, -0.2) is 27.3 Å². The first kappa shape index (κ1) is 12.0. The van der Waals surface area contributed by atoms with Gasteiger partial charge in [-0.05, 0) is 17.6 Å². The molecule has 1 atom stereocenters. The molecule has 1 saturated heterocycles. The average Bonchev–Trinajstić information content (AvgIpc) is 2.62. The van der Waals surface area contributed by atoms with Crippen LogP contribution in [0.5, 0.6) is 0 Å². The van der Waals surface area contributed by atoms with Crippen molar-refractivity contribution in [2.45, 2.75) is 32.9 Å². The molecule has 1 unspecified atom stereocenters. The molecule has 1 aliphatic rings. The highest BCUT2D eigenvalue weighted by Crippen LogP contribution is 2.34. The summed E-state index contributed by atoms with van der Waals surface area (Å²) in [5.74, 6) is 2.53. The van der Waals surface area contributed by atoms with Gasteiger partial charge in [0.1, 0.15) is 0 Å². The fourth-order valence-electron chi connectivity index (χ4n) is 2.08. The van der Waals surface area contributed by atoms with Gasteiger partial charge in [-0.25, -0.2) is 0 Å². The van der Waals surface area contributed by atoms with Crippen molar-refractivity contribution in [1.29, 1.82) is 0 Å². The Morgan fingerprint density at radius 3 is 3.06 bits per heavy atom. The van der Waals surface area contributed by atoms with E-state index in [1.807, 2.05) is 17.9 Å². The summed E-state index contributed by atoms with van der Waals surface area (Å²) in [6, 6.07) is 0.617. The third-order valence-electron chi connectivity index (χ3n) is 3.43. The maximum absolute atomic E-state index is 4.19. The zero-order chi connectivity index (χ0) is 11.6. The maximum Gasteiger partial charge on any atom is 0.0534 e. The molecule has 1 aliphatic heterocycles. The Labute approximate surface area is 102 Å². The van der Waals surface area contributed by atoms with Crippen LogP contribution in [0, 0.1) is 5.41 Å². The van der Waals surface area contributed by atoms with E-state index in [0.29, 0.717) is 11.5 Å². The van der Waals surface area contributed by atoms with Crippen LogP contribution in [0.1, 0.15) is 25.8 Å². The van der Waals surface area contributed by atoms with Crippen molar-refractivity contribution in [2.75, 3.05) is 11.5 Å². The van der Waals surface area contributed by atoms with Gasteiger partial charge in [0.25, 0.3) is 0 Å². The van der Waals surface area contributed by atoms with Crippen molar-refractivity contribution >= 4 is 11.8 Å². The van der Waals surface area contributed by atoms with E-state index in [1.165, 1.54) is 23.5 Å². The summed E-state index contributed by atoms with van der Waals surface area (Å²) < 4.78 is 1.86. The normalized spacial score (nSPS) is 24.6. The van der Waals surface area contributed by atoms with Crippen LogP contribution in [0.15, 0.2) is 12.4 Å². The van der Waals surface area contributed by atoms with Gasteiger partial charge in [-0.15, -0.1) is 0 Å². The molecule has 1 N–H and O–H groups in total. The number of rotatable bonds is 3. The molecule has 16 heavy (non-hydrogen) atoms. The average molecular weight is 239 g/mol. The Kier molecular flexibility index (Phi) is 3.60. The summed E-state index contributed by atoms with van der Waals surface area (Å²) in [5, 5.41) is 7.86. The largest absolute Gasteiger partial charge is 0.308 e. The van der Waals surface area contributed by atoms with Crippen LogP contribution < -0.4 is 5.32 Å². The summed E-state index contributed by atoms with van der Waals surface area (Å²) in [7, 11) is 1.96.